The molecular formula is C15H22N2O4S. The molecule has 1 aliphatic heterocycles. The maximum atomic E-state index is 12.1. The molecule has 0 aromatic heterocycles. The van der Waals surface area contributed by atoms with Crippen molar-refractivity contribution < 1.29 is 17.9 Å². The van der Waals surface area contributed by atoms with E-state index in [0.29, 0.717) is 13.0 Å². The SMILES string of the molecule is COc1ccc(CNCC(=O)N(C)C2CCS(=O)(=O)C2)cc1. The van der Waals surface area contributed by atoms with Crippen LogP contribution in [0, 0.1) is 0 Å². The lowest BCUT2D eigenvalue weighted by Crippen LogP contribution is -2.42. The van der Waals surface area contributed by atoms with Gasteiger partial charge >= 0.3 is 0 Å². The van der Waals surface area contributed by atoms with E-state index in [1.165, 1.54) is 0 Å². The van der Waals surface area contributed by atoms with Crippen LogP contribution in [0.25, 0.3) is 0 Å². The lowest BCUT2D eigenvalue weighted by atomic mass is 10.2. The Kier molecular flexibility index (Phi) is 5.42. The Morgan fingerprint density at radius 1 is 1.36 bits per heavy atom. The average Bonchev–Trinajstić information content (AvgIpc) is 2.87. The predicted octanol–water partition coefficient (Wildman–Crippen LogP) is 0.430. The summed E-state index contributed by atoms with van der Waals surface area (Å²) in [6.07, 6.45) is 0.531. The van der Waals surface area contributed by atoms with Crippen molar-refractivity contribution in [2.24, 2.45) is 0 Å². The number of rotatable bonds is 6. The molecule has 1 aliphatic rings. The zero-order valence-corrected chi connectivity index (χ0v) is 13.7. The molecule has 1 N–H and O–H groups in total. The van der Waals surface area contributed by atoms with Crippen LogP contribution >= 0.6 is 0 Å². The van der Waals surface area contributed by atoms with Crippen LogP contribution in [0.3, 0.4) is 0 Å². The lowest BCUT2D eigenvalue weighted by Gasteiger charge is -2.23. The Labute approximate surface area is 131 Å². The number of methoxy groups -OCH3 is 1. The molecule has 1 aromatic carbocycles. The third kappa shape index (κ3) is 4.45. The van der Waals surface area contributed by atoms with Crippen molar-refractivity contribution in [3.05, 3.63) is 29.8 Å². The summed E-state index contributed by atoms with van der Waals surface area (Å²) in [6.45, 7) is 0.769. The van der Waals surface area contributed by atoms with Crippen LogP contribution < -0.4 is 10.1 Å². The Bertz CT molecular complexity index is 613. The van der Waals surface area contributed by atoms with E-state index in [0.717, 1.165) is 11.3 Å². The molecule has 2 rings (SSSR count). The number of benzene rings is 1. The smallest absolute Gasteiger partial charge is 0.236 e. The van der Waals surface area contributed by atoms with Crippen molar-refractivity contribution >= 4 is 15.7 Å². The van der Waals surface area contributed by atoms with E-state index in [4.69, 9.17) is 4.74 Å². The van der Waals surface area contributed by atoms with Crippen molar-refractivity contribution in [1.82, 2.24) is 10.2 Å². The first-order chi connectivity index (χ1) is 10.4. The summed E-state index contributed by atoms with van der Waals surface area (Å²) < 4.78 is 28.0. The van der Waals surface area contributed by atoms with Crippen LogP contribution in [-0.2, 0) is 21.2 Å². The van der Waals surface area contributed by atoms with Gasteiger partial charge in [-0.15, -0.1) is 0 Å². The molecule has 1 atom stereocenters. The lowest BCUT2D eigenvalue weighted by molar-refractivity contribution is -0.130. The summed E-state index contributed by atoms with van der Waals surface area (Å²) in [6, 6.07) is 7.41. The first kappa shape index (κ1) is 16.8. The molecule has 1 fully saturated rings. The number of amides is 1. The molecule has 0 spiro atoms. The molecule has 1 heterocycles. The molecule has 1 aromatic rings. The van der Waals surface area contributed by atoms with Crippen LogP contribution in [0.1, 0.15) is 12.0 Å². The van der Waals surface area contributed by atoms with Crippen LogP contribution in [0.5, 0.6) is 5.75 Å². The van der Waals surface area contributed by atoms with Gasteiger partial charge in [0.25, 0.3) is 0 Å². The maximum absolute atomic E-state index is 12.1. The molecule has 122 valence electrons. The molecule has 0 saturated carbocycles. The molecule has 1 unspecified atom stereocenters. The van der Waals surface area contributed by atoms with E-state index in [2.05, 4.69) is 5.32 Å². The molecule has 6 nitrogen and oxygen atoms in total. The number of sulfone groups is 1. The largest absolute Gasteiger partial charge is 0.497 e. The van der Waals surface area contributed by atoms with E-state index in [-0.39, 0.29) is 30.0 Å². The van der Waals surface area contributed by atoms with Gasteiger partial charge in [-0.3, -0.25) is 4.79 Å². The second-order valence-corrected chi connectivity index (χ2v) is 7.74. The highest BCUT2D eigenvalue weighted by molar-refractivity contribution is 7.91. The van der Waals surface area contributed by atoms with Gasteiger partial charge in [0.05, 0.1) is 25.2 Å². The van der Waals surface area contributed by atoms with Gasteiger partial charge in [0.15, 0.2) is 9.84 Å². The van der Waals surface area contributed by atoms with Crippen LogP contribution in [-0.4, -0.2) is 57.5 Å². The number of ether oxygens (including phenoxy) is 1. The second kappa shape index (κ2) is 7.11. The van der Waals surface area contributed by atoms with Gasteiger partial charge in [-0.25, -0.2) is 8.42 Å². The second-order valence-electron chi connectivity index (χ2n) is 5.51. The Morgan fingerprint density at radius 2 is 2.05 bits per heavy atom. The third-order valence-corrected chi connectivity index (χ3v) is 5.66. The summed E-state index contributed by atoms with van der Waals surface area (Å²) in [5.41, 5.74) is 1.06. The topological polar surface area (TPSA) is 75.7 Å². The van der Waals surface area contributed by atoms with Gasteiger partial charge in [-0.1, -0.05) is 12.1 Å². The summed E-state index contributed by atoms with van der Waals surface area (Å²) in [4.78, 5) is 13.6. The van der Waals surface area contributed by atoms with Crippen molar-refractivity contribution in [3.63, 3.8) is 0 Å². The first-order valence-electron chi connectivity index (χ1n) is 7.21. The fraction of sp³-hybridized carbons (Fsp3) is 0.533. The van der Waals surface area contributed by atoms with Crippen molar-refractivity contribution in [2.75, 3.05) is 32.2 Å². The molecule has 0 bridgehead atoms. The number of carbonyl (C=O) groups is 1. The number of likely N-dealkylation sites (N-methyl/N-ethyl adjacent to an activating group) is 1. The van der Waals surface area contributed by atoms with Gasteiger partial charge in [0.2, 0.25) is 5.91 Å². The number of hydrogen-bond donors (Lipinski definition) is 1. The number of hydrogen-bond acceptors (Lipinski definition) is 5. The highest BCUT2D eigenvalue weighted by Gasteiger charge is 2.32. The number of nitrogens with one attached hydrogen (secondary N) is 1. The van der Waals surface area contributed by atoms with Crippen LogP contribution in [0.4, 0.5) is 0 Å². The van der Waals surface area contributed by atoms with Crippen molar-refractivity contribution in [3.8, 4) is 5.75 Å². The standard InChI is InChI=1S/C15H22N2O4S/c1-17(13-7-8-22(19,20)11-13)15(18)10-16-9-12-3-5-14(21-2)6-4-12/h3-6,13,16H,7-11H2,1-2H3. The molecule has 0 aliphatic carbocycles. The highest BCUT2D eigenvalue weighted by Crippen LogP contribution is 2.16. The molecule has 1 amide bonds. The predicted molar refractivity (Wildman–Crippen MR) is 84.5 cm³/mol. The Morgan fingerprint density at radius 3 is 2.59 bits per heavy atom. The normalized spacial score (nSPS) is 19.8. The highest BCUT2D eigenvalue weighted by atomic mass is 32.2. The summed E-state index contributed by atoms with van der Waals surface area (Å²) in [5, 5.41) is 3.08. The van der Waals surface area contributed by atoms with E-state index in [1.54, 1.807) is 19.1 Å². The van der Waals surface area contributed by atoms with Crippen LogP contribution in [0.2, 0.25) is 0 Å². The molecule has 22 heavy (non-hydrogen) atoms. The van der Waals surface area contributed by atoms with E-state index in [9.17, 15) is 13.2 Å². The van der Waals surface area contributed by atoms with Crippen molar-refractivity contribution in [2.45, 2.75) is 19.0 Å². The zero-order chi connectivity index (χ0) is 16.2. The Balaban J connectivity index is 1.77. The minimum atomic E-state index is -2.97. The molecular weight excluding hydrogens is 304 g/mol. The average molecular weight is 326 g/mol. The van der Waals surface area contributed by atoms with Crippen LogP contribution in [0.15, 0.2) is 24.3 Å². The van der Waals surface area contributed by atoms with Gasteiger partial charge < -0.3 is 15.0 Å². The first-order valence-corrected chi connectivity index (χ1v) is 9.03. The van der Waals surface area contributed by atoms with Gasteiger partial charge in [-0.2, -0.15) is 0 Å². The quantitative estimate of drug-likeness (QED) is 0.820. The summed E-state index contributed by atoms with van der Waals surface area (Å²) >= 11 is 0. The van der Waals surface area contributed by atoms with Gasteiger partial charge in [0.1, 0.15) is 5.75 Å². The molecule has 7 heteroatoms. The maximum Gasteiger partial charge on any atom is 0.236 e. The fourth-order valence-corrected chi connectivity index (χ4v) is 4.24. The fourth-order valence-electron chi connectivity index (χ4n) is 2.47. The van der Waals surface area contributed by atoms with Gasteiger partial charge in [-0.05, 0) is 24.1 Å². The third-order valence-electron chi connectivity index (χ3n) is 3.91. The van der Waals surface area contributed by atoms with Crippen molar-refractivity contribution in [1.29, 1.82) is 0 Å². The Hall–Kier alpha value is -1.60. The number of nitrogens with zero attached hydrogens (tertiary/aromatic N) is 1. The monoisotopic (exact) mass is 326 g/mol. The minimum Gasteiger partial charge on any atom is -0.497 e. The van der Waals surface area contributed by atoms with E-state index in [1.807, 2.05) is 24.3 Å². The van der Waals surface area contributed by atoms with Gasteiger partial charge in [0, 0.05) is 19.6 Å². The summed E-state index contributed by atoms with van der Waals surface area (Å²) in [7, 11) is 0.315. The number of carbonyl (C=O) groups excluding carboxylic acids is 1. The van der Waals surface area contributed by atoms with E-state index >= 15 is 0 Å². The molecule has 0 radical (unpaired) electrons. The zero-order valence-electron chi connectivity index (χ0n) is 12.9. The van der Waals surface area contributed by atoms with E-state index < -0.39 is 9.84 Å². The molecule has 1 saturated heterocycles. The minimum absolute atomic E-state index is 0.0771. The summed E-state index contributed by atoms with van der Waals surface area (Å²) in [5.74, 6) is 0.958.